The Hall–Kier alpha value is -1.35. The number of benzene rings is 1. The molecule has 24 heavy (non-hydrogen) atoms. The van der Waals surface area contributed by atoms with Gasteiger partial charge in [0.05, 0.1) is 6.04 Å². The lowest BCUT2D eigenvalue weighted by atomic mass is 9.67. The zero-order valence-corrected chi connectivity index (χ0v) is 14.9. The molecular formula is C21H30N2O. The van der Waals surface area contributed by atoms with E-state index in [4.69, 9.17) is 0 Å². The monoisotopic (exact) mass is 326 g/mol. The molecular weight excluding hydrogens is 296 g/mol. The minimum absolute atomic E-state index is 0.106. The Kier molecular flexibility index (Phi) is 4.38. The fourth-order valence-corrected chi connectivity index (χ4v) is 5.51. The maximum Gasteiger partial charge on any atom is 0.217 e. The summed E-state index contributed by atoms with van der Waals surface area (Å²) >= 11 is 0. The molecule has 1 atom stereocenters. The van der Waals surface area contributed by atoms with Gasteiger partial charge in [0, 0.05) is 13.0 Å². The van der Waals surface area contributed by atoms with Crippen molar-refractivity contribution >= 4 is 5.91 Å². The standard InChI is InChI=1S/C21H30N2O/c1-16(24)22-20-19-8-4-3-7-17(19)15-21(20)11-9-18(10-12-21)23-13-5-2-6-14-23/h3-4,7-8,18,20H,2,5-6,9-15H2,1H3,(H,22,24). The normalized spacial score (nSPS) is 33.4. The molecule has 1 saturated heterocycles. The van der Waals surface area contributed by atoms with E-state index in [2.05, 4.69) is 34.5 Å². The van der Waals surface area contributed by atoms with Gasteiger partial charge in [-0.1, -0.05) is 30.7 Å². The van der Waals surface area contributed by atoms with Crippen LogP contribution in [0, 0.1) is 5.41 Å². The van der Waals surface area contributed by atoms with E-state index in [9.17, 15) is 4.79 Å². The number of nitrogens with zero attached hydrogens (tertiary/aromatic N) is 1. The summed E-state index contributed by atoms with van der Waals surface area (Å²) in [6.07, 6.45) is 10.4. The largest absolute Gasteiger partial charge is 0.349 e. The number of fused-ring (bicyclic) bond motifs is 1. The van der Waals surface area contributed by atoms with Crippen LogP contribution >= 0.6 is 0 Å². The summed E-state index contributed by atoms with van der Waals surface area (Å²) < 4.78 is 0. The molecule has 3 nitrogen and oxygen atoms in total. The molecule has 1 amide bonds. The molecule has 1 aromatic rings. The van der Waals surface area contributed by atoms with Crippen molar-refractivity contribution in [3.05, 3.63) is 35.4 Å². The highest BCUT2D eigenvalue weighted by molar-refractivity contribution is 5.74. The number of carbonyl (C=O) groups excluding carboxylic acids is 1. The minimum Gasteiger partial charge on any atom is -0.349 e. The number of piperidine rings is 1. The van der Waals surface area contributed by atoms with Gasteiger partial charge in [-0.05, 0) is 74.6 Å². The van der Waals surface area contributed by atoms with Gasteiger partial charge >= 0.3 is 0 Å². The Balaban J connectivity index is 1.51. The summed E-state index contributed by atoms with van der Waals surface area (Å²) in [5.74, 6) is 0.106. The Morgan fingerprint density at radius 1 is 1.12 bits per heavy atom. The van der Waals surface area contributed by atoms with Crippen LogP contribution in [0.15, 0.2) is 24.3 Å². The molecule has 1 saturated carbocycles. The van der Waals surface area contributed by atoms with Crippen LogP contribution in [0.1, 0.15) is 69.0 Å². The summed E-state index contributed by atoms with van der Waals surface area (Å²) in [6.45, 7) is 4.26. The number of amides is 1. The molecule has 2 aliphatic carbocycles. The van der Waals surface area contributed by atoms with E-state index < -0.39 is 0 Å². The van der Waals surface area contributed by atoms with Gasteiger partial charge in [-0.2, -0.15) is 0 Å². The van der Waals surface area contributed by atoms with Crippen LogP contribution in [0.2, 0.25) is 0 Å². The number of hydrogen-bond acceptors (Lipinski definition) is 2. The second-order valence-corrected chi connectivity index (χ2v) is 8.20. The van der Waals surface area contributed by atoms with Gasteiger partial charge in [-0.15, -0.1) is 0 Å². The first kappa shape index (κ1) is 16.1. The van der Waals surface area contributed by atoms with Gasteiger partial charge in [0.2, 0.25) is 5.91 Å². The van der Waals surface area contributed by atoms with Crippen LogP contribution in [-0.2, 0) is 11.2 Å². The van der Waals surface area contributed by atoms with Gasteiger partial charge in [-0.3, -0.25) is 4.79 Å². The van der Waals surface area contributed by atoms with Crippen LogP contribution in [0.4, 0.5) is 0 Å². The lowest BCUT2D eigenvalue weighted by Gasteiger charge is -2.45. The molecule has 1 aromatic carbocycles. The van der Waals surface area contributed by atoms with E-state index in [1.54, 1.807) is 6.92 Å². The van der Waals surface area contributed by atoms with Crippen molar-refractivity contribution in [3.63, 3.8) is 0 Å². The first-order valence-electron chi connectivity index (χ1n) is 9.77. The average molecular weight is 326 g/mol. The third kappa shape index (κ3) is 2.88. The van der Waals surface area contributed by atoms with E-state index in [1.807, 2.05) is 0 Å². The molecule has 1 unspecified atom stereocenters. The maximum absolute atomic E-state index is 11.8. The molecule has 0 bridgehead atoms. The highest BCUT2D eigenvalue weighted by Crippen LogP contribution is 2.54. The van der Waals surface area contributed by atoms with Crippen LogP contribution in [0.3, 0.4) is 0 Å². The lowest BCUT2D eigenvalue weighted by Crippen LogP contribution is -2.46. The lowest BCUT2D eigenvalue weighted by molar-refractivity contribution is -0.120. The van der Waals surface area contributed by atoms with Gasteiger partial charge in [0.15, 0.2) is 0 Å². The van der Waals surface area contributed by atoms with Crippen LogP contribution in [0.25, 0.3) is 0 Å². The van der Waals surface area contributed by atoms with Gasteiger partial charge < -0.3 is 10.2 Å². The SMILES string of the molecule is CC(=O)NC1c2ccccc2CC12CCC(N1CCCCC1)CC2. The molecule has 3 aliphatic rings. The predicted octanol–water partition coefficient (Wildman–Crippen LogP) is 3.83. The Bertz CT molecular complexity index is 598. The van der Waals surface area contributed by atoms with Crippen molar-refractivity contribution in [1.82, 2.24) is 10.2 Å². The summed E-state index contributed by atoms with van der Waals surface area (Å²) in [4.78, 5) is 14.6. The third-order valence-corrected chi connectivity index (χ3v) is 6.73. The van der Waals surface area contributed by atoms with E-state index in [0.717, 1.165) is 12.5 Å². The molecule has 1 spiro atoms. The first-order valence-corrected chi connectivity index (χ1v) is 9.77. The number of hydrogen-bond donors (Lipinski definition) is 1. The van der Waals surface area contributed by atoms with Crippen LogP contribution in [0.5, 0.6) is 0 Å². The molecule has 2 fully saturated rings. The van der Waals surface area contributed by atoms with E-state index in [0.29, 0.717) is 0 Å². The highest BCUT2D eigenvalue weighted by Gasteiger charge is 2.48. The summed E-state index contributed by atoms with van der Waals surface area (Å²) in [7, 11) is 0. The maximum atomic E-state index is 11.8. The van der Waals surface area contributed by atoms with Crippen molar-refractivity contribution in [3.8, 4) is 0 Å². The molecule has 0 aromatic heterocycles. The number of likely N-dealkylation sites (tertiary alicyclic amines) is 1. The fourth-order valence-electron chi connectivity index (χ4n) is 5.51. The van der Waals surface area contributed by atoms with E-state index in [-0.39, 0.29) is 17.4 Å². The second kappa shape index (κ2) is 6.51. The Labute approximate surface area is 145 Å². The third-order valence-electron chi connectivity index (χ3n) is 6.73. The molecule has 3 heteroatoms. The zero-order chi connectivity index (χ0) is 16.6. The molecule has 1 aliphatic heterocycles. The Morgan fingerprint density at radius 2 is 1.83 bits per heavy atom. The minimum atomic E-state index is 0.106. The highest BCUT2D eigenvalue weighted by atomic mass is 16.1. The molecule has 130 valence electrons. The second-order valence-electron chi connectivity index (χ2n) is 8.20. The Morgan fingerprint density at radius 3 is 2.54 bits per heavy atom. The van der Waals surface area contributed by atoms with Crippen molar-refractivity contribution in [2.24, 2.45) is 5.41 Å². The smallest absolute Gasteiger partial charge is 0.217 e. The predicted molar refractivity (Wildman–Crippen MR) is 96.8 cm³/mol. The summed E-state index contributed by atoms with van der Waals surface area (Å²) in [5.41, 5.74) is 3.07. The zero-order valence-electron chi connectivity index (χ0n) is 14.9. The topological polar surface area (TPSA) is 32.3 Å². The van der Waals surface area contributed by atoms with Crippen molar-refractivity contribution in [2.75, 3.05) is 13.1 Å². The average Bonchev–Trinajstić information content (AvgIpc) is 2.89. The van der Waals surface area contributed by atoms with Crippen molar-refractivity contribution < 1.29 is 4.79 Å². The van der Waals surface area contributed by atoms with Gasteiger partial charge in [-0.25, -0.2) is 0 Å². The number of rotatable bonds is 2. The number of nitrogens with one attached hydrogen (secondary N) is 1. The molecule has 4 rings (SSSR count). The van der Waals surface area contributed by atoms with Crippen molar-refractivity contribution in [2.45, 2.75) is 70.4 Å². The van der Waals surface area contributed by atoms with Crippen LogP contribution < -0.4 is 5.32 Å². The molecule has 1 N–H and O–H groups in total. The quantitative estimate of drug-likeness (QED) is 0.896. The first-order chi connectivity index (χ1) is 11.7. The summed E-state index contributed by atoms with van der Waals surface area (Å²) in [5, 5.41) is 3.30. The van der Waals surface area contributed by atoms with Crippen LogP contribution in [-0.4, -0.2) is 29.9 Å². The fraction of sp³-hybridized carbons (Fsp3) is 0.667. The van der Waals surface area contributed by atoms with E-state index >= 15 is 0 Å². The van der Waals surface area contributed by atoms with Gasteiger partial charge in [0.25, 0.3) is 0 Å². The van der Waals surface area contributed by atoms with Gasteiger partial charge in [0.1, 0.15) is 0 Å². The van der Waals surface area contributed by atoms with E-state index in [1.165, 1.54) is 69.2 Å². The summed E-state index contributed by atoms with van der Waals surface area (Å²) in [6, 6.07) is 9.73. The van der Waals surface area contributed by atoms with Crippen molar-refractivity contribution in [1.29, 1.82) is 0 Å². The number of carbonyl (C=O) groups is 1. The molecule has 0 radical (unpaired) electrons. The molecule has 1 heterocycles.